The van der Waals surface area contributed by atoms with Gasteiger partial charge in [0.05, 0.1) is 4.90 Å². The standard InChI is InChI=1S/C14H15FN2O2S/c1-10-9-13(3-4-14(10)15)20(18,19)17-11(2)12-5-7-16-8-6-12/h3-9,11,17H,1-2H3. The van der Waals surface area contributed by atoms with E-state index in [1.54, 1.807) is 31.5 Å². The van der Waals surface area contributed by atoms with E-state index in [0.29, 0.717) is 5.56 Å². The molecule has 6 heteroatoms. The number of nitrogens with zero attached hydrogens (tertiary/aromatic N) is 1. The van der Waals surface area contributed by atoms with Crippen molar-refractivity contribution in [2.24, 2.45) is 0 Å². The monoisotopic (exact) mass is 294 g/mol. The first-order chi connectivity index (χ1) is 9.40. The van der Waals surface area contributed by atoms with Crippen LogP contribution >= 0.6 is 0 Å². The number of hydrogen-bond donors (Lipinski definition) is 1. The van der Waals surface area contributed by atoms with Crippen molar-refractivity contribution in [3.63, 3.8) is 0 Å². The van der Waals surface area contributed by atoms with Crippen molar-refractivity contribution in [2.75, 3.05) is 0 Å². The summed E-state index contributed by atoms with van der Waals surface area (Å²) in [6, 6.07) is 6.81. The van der Waals surface area contributed by atoms with E-state index in [0.717, 1.165) is 11.6 Å². The molecule has 0 radical (unpaired) electrons. The van der Waals surface area contributed by atoms with Crippen molar-refractivity contribution in [2.45, 2.75) is 24.8 Å². The summed E-state index contributed by atoms with van der Waals surface area (Å²) in [5.74, 6) is -0.425. The lowest BCUT2D eigenvalue weighted by Crippen LogP contribution is -2.27. The van der Waals surface area contributed by atoms with Gasteiger partial charge in [-0.25, -0.2) is 17.5 Å². The molecule has 0 aliphatic heterocycles. The van der Waals surface area contributed by atoms with E-state index in [2.05, 4.69) is 9.71 Å². The Hall–Kier alpha value is -1.79. The van der Waals surface area contributed by atoms with Gasteiger partial charge in [-0.15, -0.1) is 0 Å². The van der Waals surface area contributed by atoms with Crippen LogP contribution in [-0.2, 0) is 10.0 Å². The molecule has 20 heavy (non-hydrogen) atoms. The van der Waals surface area contributed by atoms with E-state index < -0.39 is 21.9 Å². The highest BCUT2D eigenvalue weighted by atomic mass is 32.2. The molecule has 1 unspecified atom stereocenters. The van der Waals surface area contributed by atoms with E-state index in [1.165, 1.54) is 19.1 Å². The van der Waals surface area contributed by atoms with Crippen LogP contribution in [0.3, 0.4) is 0 Å². The average molecular weight is 294 g/mol. The zero-order valence-corrected chi connectivity index (χ0v) is 12.0. The van der Waals surface area contributed by atoms with E-state index in [-0.39, 0.29) is 4.90 Å². The van der Waals surface area contributed by atoms with Crippen LogP contribution < -0.4 is 4.72 Å². The highest BCUT2D eigenvalue weighted by Gasteiger charge is 2.19. The van der Waals surface area contributed by atoms with Gasteiger partial charge in [0, 0.05) is 18.4 Å². The second-order valence-electron chi connectivity index (χ2n) is 4.53. The molecule has 1 N–H and O–H groups in total. The van der Waals surface area contributed by atoms with Gasteiger partial charge in [0.25, 0.3) is 0 Å². The highest BCUT2D eigenvalue weighted by molar-refractivity contribution is 7.89. The van der Waals surface area contributed by atoms with Crippen LogP contribution in [0, 0.1) is 12.7 Å². The molecule has 1 heterocycles. The summed E-state index contributed by atoms with van der Waals surface area (Å²) < 4.78 is 40.2. The van der Waals surface area contributed by atoms with Crippen LogP contribution in [0.15, 0.2) is 47.6 Å². The number of sulfonamides is 1. The largest absolute Gasteiger partial charge is 0.265 e. The Morgan fingerprint density at radius 1 is 1.20 bits per heavy atom. The summed E-state index contributed by atoms with van der Waals surface area (Å²) >= 11 is 0. The molecule has 0 fully saturated rings. The molecule has 0 amide bonds. The smallest absolute Gasteiger partial charge is 0.241 e. The molecule has 1 aromatic heterocycles. The molecule has 4 nitrogen and oxygen atoms in total. The number of halogens is 1. The van der Waals surface area contributed by atoms with Crippen molar-refractivity contribution in [1.29, 1.82) is 0 Å². The number of pyridine rings is 1. The van der Waals surface area contributed by atoms with Crippen LogP contribution in [0.5, 0.6) is 0 Å². The minimum absolute atomic E-state index is 0.0531. The van der Waals surface area contributed by atoms with Crippen molar-refractivity contribution in [3.8, 4) is 0 Å². The Morgan fingerprint density at radius 2 is 1.85 bits per heavy atom. The van der Waals surface area contributed by atoms with Crippen molar-refractivity contribution >= 4 is 10.0 Å². The summed E-state index contributed by atoms with van der Waals surface area (Å²) in [7, 11) is -3.68. The predicted octanol–water partition coefficient (Wildman–Crippen LogP) is 2.57. The first kappa shape index (κ1) is 14.6. The lowest BCUT2D eigenvalue weighted by molar-refractivity contribution is 0.565. The minimum Gasteiger partial charge on any atom is -0.265 e. The lowest BCUT2D eigenvalue weighted by atomic mass is 10.1. The fourth-order valence-corrected chi connectivity index (χ4v) is 3.12. The first-order valence-corrected chi connectivity index (χ1v) is 7.57. The molecule has 1 atom stereocenters. The quantitative estimate of drug-likeness (QED) is 0.943. The predicted molar refractivity (Wildman–Crippen MR) is 74.1 cm³/mol. The zero-order chi connectivity index (χ0) is 14.8. The van der Waals surface area contributed by atoms with Gasteiger partial charge in [-0.2, -0.15) is 0 Å². The summed E-state index contributed by atoms with van der Waals surface area (Å²) in [6.45, 7) is 3.27. The third-order valence-corrected chi connectivity index (χ3v) is 4.52. The topological polar surface area (TPSA) is 59.1 Å². The molecule has 0 saturated carbocycles. The SMILES string of the molecule is Cc1cc(S(=O)(=O)NC(C)c2ccncc2)ccc1F. The number of aryl methyl sites for hydroxylation is 1. The number of nitrogens with one attached hydrogen (secondary N) is 1. The lowest BCUT2D eigenvalue weighted by Gasteiger charge is -2.14. The van der Waals surface area contributed by atoms with Crippen LogP contribution in [-0.4, -0.2) is 13.4 Å². The molecule has 106 valence electrons. The fourth-order valence-electron chi connectivity index (χ4n) is 1.81. The van der Waals surface area contributed by atoms with Gasteiger partial charge in [0.15, 0.2) is 0 Å². The van der Waals surface area contributed by atoms with Crippen molar-refractivity contribution in [1.82, 2.24) is 9.71 Å². The number of hydrogen-bond acceptors (Lipinski definition) is 3. The molecule has 2 rings (SSSR count). The van der Waals surface area contributed by atoms with Crippen LogP contribution in [0.2, 0.25) is 0 Å². The third-order valence-electron chi connectivity index (χ3n) is 2.98. The number of benzene rings is 1. The van der Waals surface area contributed by atoms with Crippen molar-refractivity contribution in [3.05, 3.63) is 59.7 Å². The molecule has 0 bridgehead atoms. The van der Waals surface area contributed by atoms with E-state index in [4.69, 9.17) is 0 Å². The number of rotatable bonds is 4. The summed E-state index contributed by atoms with van der Waals surface area (Å²) in [4.78, 5) is 3.94. The Labute approximate surface area is 117 Å². The molecule has 0 aliphatic rings. The Bertz CT molecular complexity index is 702. The normalized spacial score (nSPS) is 13.2. The maximum atomic E-state index is 13.2. The molecular weight excluding hydrogens is 279 g/mol. The van der Waals surface area contributed by atoms with E-state index in [1.807, 2.05) is 0 Å². The van der Waals surface area contributed by atoms with Gasteiger partial charge >= 0.3 is 0 Å². The molecule has 0 spiro atoms. The first-order valence-electron chi connectivity index (χ1n) is 6.08. The van der Waals surface area contributed by atoms with Gasteiger partial charge in [0.1, 0.15) is 5.82 Å². The van der Waals surface area contributed by atoms with Gasteiger partial charge < -0.3 is 0 Å². The second-order valence-corrected chi connectivity index (χ2v) is 6.25. The van der Waals surface area contributed by atoms with Crippen LogP contribution in [0.1, 0.15) is 24.1 Å². The molecular formula is C14H15FN2O2S. The van der Waals surface area contributed by atoms with Gasteiger partial charge in [-0.3, -0.25) is 4.98 Å². The Kier molecular flexibility index (Phi) is 4.15. The average Bonchev–Trinajstić information content (AvgIpc) is 2.42. The van der Waals surface area contributed by atoms with Gasteiger partial charge in [-0.1, -0.05) is 0 Å². The maximum Gasteiger partial charge on any atom is 0.241 e. The Morgan fingerprint density at radius 3 is 2.45 bits per heavy atom. The molecule has 2 aromatic rings. The summed E-state index contributed by atoms with van der Waals surface area (Å²) in [5.41, 5.74) is 1.10. The third kappa shape index (κ3) is 3.20. The molecule has 0 saturated heterocycles. The van der Waals surface area contributed by atoms with Crippen LogP contribution in [0.25, 0.3) is 0 Å². The van der Waals surface area contributed by atoms with Crippen molar-refractivity contribution < 1.29 is 12.8 Å². The zero-order valence-electron chi connectivity index (χ0n) is 11.2. The molecule has 1 aromatic carbocycles. The highest BCUT2D eigenvalue weighted by Crippen LogP contribution is 2.18. The maximum absolute atomic E-state index is 13.2. The van der Waals surface area contributed by atoms with E-state index >= 15 is 0 Å². The Balaban J connectivity index is 2.25. The van der Waals surface area contributed by atoms with E-state index in [9.17, 15) is 12.8 Å². The molecule has 0 aliphatic carbocycles. The van der Waals surface area contributed by atoms with Gasteiger partial charge in [-0.05, 0) is 55.3 Å². The van der Waals surface area contributed by atoms with Crippen LogP contribution in [0.4, 0.5) is 4.39 Å². The summed E-state index contributed by atoms with van der Waals surface area (Å²) in [6.07, 6.45) is 3.20. The fraction of sp³-hybridized carbons (Fsp3) is 0.214. The van der Waals surface area contributed by atoms with Gasteiger partial charge in [0.2, 0.25) is 10.0 Å². The number of aromatic nitrogens is 1. The second kappa shape index (κ2) is 5.68. The minimum atomic E-state index is -3.68. The summed E-state index contributed by atoms with van der Waals surface area (Å²) in [5, 5.41) is 0.